The number of aromatic carboxylic acids is 1. The van der Waals surface area contributed by atoms with Crippen molar-refractivity contribution in [3.05, 3.63) is 89.0 Å². The second-order valence-corrected chi connectivity index (χ2v) is 6.87. The number of carbonyl (C=O) groups excluding carboxylic acids is 1. The van der Waals surface area contributed by atoms with Crippen molar-refractivity contribution in [1.82, 2.24) is 5.32 Å². The molecule has 3 N–H and O–H groups in total. The van der Waals surface area contributed by atoms with Crippen molar-refractivity contribution in [2.75, 3.05) is 6.61 Å². The van der Waals surface area contributed by atoms with Gasteiger partial charge in [0, 0.05) is 12.5 Å². The average Bonchev–Trinajstić information content (AvgIpc) is 3.04. The molecule has 29 heavy (non-hydrogen) atoms. The number of aromatic hydroxyl groups is 1. The van der Waals surface area contributed by atoms with E-state index in [4.69, 9.17) is 9.84 Å². The molecule has 146 valence electrons. The molecule has 0 heterocycles. The number of amides is 1. The van der Waals surface area contributed by atoms with Crippen molar-refractivity contribution < 1.29 is 24.5 Å². The molecule has 0 aromatic heterocycles. The molecular weight excluding hydrogens is 370 g/mol. The summed E-state index contributed by atoms with van der Waals surface area (Å²) < 4.78 is 5.44. The van der Waals surface area contributed by atoms with Crippen molar-refractivity contribution in [3.63, 3.8) is 0 Å². The maximum Gasteiger partial charge on any atom is 0.407 e. The molecule has 3 aromatic carbocycles. The summed E-state index contributed by atoms with van der Waals surface area (Å²) in [5.74, 6) is -1.36. The van der Waals surface area contributed by atoms with Gasteiger partial charge in [-0.25, -0.2) is 9.59 Å². The highest BCUT2D eigenvalue weighted by molar-refractivity contribution is 5.88. The van der Waals surface area contributed by atoms with Crippen LogP contribution in [0.5, 0.6) is 5.75 Å². The zero-order valence-electron chi connectivity index (χ0n) is 15.5. The number of phenols is 1. The molecule has 3 aromatic rings. The number of rotatable bonds is 5. The molecule has 0 saturated carbocycles. The lowest BCUT2D eigenvalue weighted by Crippen LogP contribution is -2.25. The smallest absolute Gasteiger partial charge is 0.407 e. The summed E-state index contributed by atoms with van der Waals surface area (Å²) in [6.07, 6.45) is -0.605. The van der Waals surface area contributed by atoms with Gasteiger partial charge in [-0.2, -0.15) is 0 Å². The molecule has 0 saturated heterocycles. The van der Waals surface area contributed by atoms with E-state index in [1.54, 1.807) is 0 Å². The predicted octanol–water partition coefficient (Wildman–Crippen LogP) is 4.13. The van der Waals surface area contributed by atoms with Crippen LogP contribution in [0, 0.1) is 0 Å². The van der Waals surface area contributed by atoms with E-state index in [-0.39, 0.29) is 30.4 Å². The summed E-state index contributed by atoms with van der Waals surface area (Å²) in [6.45, 7) is 0.242. The van der Waals surface area contributed by atoms with Gasteiger partial charge >= 0.3 is 12.1 Å². The van der Waals surface area contributed by atoms with Crippen LogP contribution in [0.2, 0.25) is 0 Å². The van der Waals surface area contributed by atoms with Crippen LogP contribution >= 0.6 is 0 Å². The van der Waals surface area contributed by atoms with Gasteiger partial charge in [0.1, 0.15) is 12.4 Å². The molecule has 0 fully saturated rings. The van der Waals surface area contributed by atoms with E-state index in [1.807, 2.05) is 36.4 Å². The minimum Gasteiger partial charge on any atom is -0.508 e. The molecule has 0 bridgehead atoms. The second-order valence-electron chi connectivity index (χ2n) is 6.87. The van der Waals surface area contributed by atoms with E-state index in [0.717, 1.165) is 28.3 Å². The summed E-state index contributed by atoms with van der Waals surface area (Å²) in [5.41, 5.74) is 4.97. The molecule has 0 atom stereocenters. The predicted molar refractivity (Wildman–Crippen MR) is 107 cm³/mol. The number of ether oxygens (including phenoxy) is 1. The summed E-state index contributed by atoms with van der Waals surface area (Å²) in [4.78, 5) is 23.3. The number of phenolic OH excluding ortho intramolecular Hbond substituents is 1. The topological polar surface area (TPSA) is 95.9 Å². The highest BCUT2D eigenvalue weighted by atomic mass is 16.5. The van der Waals surface area contributed by atoms with Crippen molar-refractivity contribution in [1.29, 1.82) is 0 Å². The fourth-order valence-electron chi connectivity index (χ4n) is 3.72. The van der Waals surface area contributed by atoms with Crippen LogP contribution in [0.4, 0.5) is 4.79 Å². The van der Waals surface area contributed by atoms with E-state index in [1.165, 1.54) is 12.1 Å². The molecular formula is C23H19NO5. The number of fused-ring (bicyclic) bond motifs is 3. The van der Waals surface area contributed by atoms with Crippen molar-refractivity contribution in [3.8, 4) is 16.9 Å². The number of nitrogens with one attached hydrogen (secondary N) is 1. The third-order valence-electron chi connectivity index (χ3n) is 5.01. The minimum absolute atomic E-state index is 0.0347. The number of carbonyl (C=O) groups is 2. The molecule has 1 amide bonds. The van der Waals surface area contributed by atoms with Gasteiger partial charge in [0.25, 0.3) is 0 Å². The zero-order valence-corrected chi connectivity index (χ0v) is 15.5. The highest BCUT2D eigenvalue weighted by Crippen LogP contribution is 2.44. The van der Waals surface area contributed by atoms with Gasteiger partial charge in [0.05, 0.1) is 5.56 Å². The number of alkyl carbamates (subject to hydrolysis) is 1. The lowest BCUT2D eigenvalue weighted by atomic mass is 9.98. The van der Waals surface area contributed by atoms with Gasteiger partial charge < -0.3 is 20.3 Å². The van der Waals surface area contributed by atoms with Crippen LogP contribution in [0.25, 0.3) is 11.1 Å². The third-order valence-corrected chi connectivity index (χ3v) is 5.01. The molecule has 6 heteroatoms. The molecule has 1 aliphatic carbocycles. The monoisotopic (exact) mass is 389 g/mol. The van der Waals surface area contributed by atoms with E-state index >= 15 is 0 Å². The van der Waals surface area contributed by atoms with Crippen LogP contribution in [0.1, 0.15) is 33.0 Å². The van der Waals surface area contributed by atoms with Crippen LogP contribution in [-0.4, -0.2) is 28.9 Å². The maximum atomic E-state index is 12.2. The Balaban J connectivity index is 1.41. The average molecular weight is 389 g/mol. The Labute approximate surface area is 167 Å². The van der Waals surface area contributed by atoms with E-state index < -0.39 is 12.1 Å². The van der Waals surface area contributed by atoms with Crippen LogP contribution in [-0.2, 0) is 11.3 Å². The zero-order chi connectivity index (χ0) is 20.4. The van der Waals surface area contributed by atoms with Crippen LogP contribution in [0.3, 0.4) is 0 Å². The number of hydrogen-bond acceptors (Lipinski definition) is 4. The third kappa shape index (κ3) is 3.78. The lowest BCUT2D eigenvalue weighted by molar-refractivity contribution is 0.0696. The molecule has 0 radical (unpaired) electrons. The molecule has 1 aliphatic rings. The Hall–Kier alpha value is -3.80. The van der Waals surface area contributed by atoms with Gasteiger partial charge in [-0.3, -0.25) is 0 Å². The van der Waals surface area contributed by atoms with Crippen LogP contribution < -0.4 is 5.32 Å². The fourth-order valence-corrected chi connectivity index (χ4v) is 3.72. The van der Waals surface area contributed by atoms with Crippen LogP contribution in [0.15, 0.2) is 66.7 Å². The minimum atomic E-state index is -1.15. The first-order valence-corrected chi connectivity index (χ1v) is 9.18. The number of hydrogen-bond donors (Lipinski definition) is 3. The fraction of sp³-hybridized carbons (Fsp3) is 0.130. The molecule has 0 unspecified atom stereocenters. The molecule has 4 rings (SSSR count). The Kier molecular flexibility index (Phi) is 4.91. The van der Waals surface area contributed by atoms with E-state index in [9.17, 15) is 14.7 Å². The maximum absolute atomic E-state index is 12.2. The van der Waals surface area contributed by atoms with Gasteiger partial charge in [-0.05, 0) is 46.0 Å². The van der Waals surface area contributed by atoms with E-state index in [0.29, 0.717) is 5.56 Å². The first kappa shape index (κ1) is 18.6. The summed E-state index contributed by atoms with van der Waals surface area (Å²) in [6, 6.07) is 20.1. The SMILES string of the molecule is O=C(NCc1cc(O)cc(C(=O)O)c1)OCC1c2ccccc2-c2ccccc21. The van der Waals surface area contributed by atoms with E-state index in [2.05, 4.69) is 17.4 Å². The van der Waals surface area contributed by atoms with Gasteiger partial charge in [-0.15, -0.1) is 0 Å². The van der Waals surface area contributed by atoms with Gasteiger partial charge in [0.15, 0.2) is 0 Å². The Morgan fingerprint density at radius 1 is 0.931 bits per heavy atom. The van der Waals surface area contributed by atoms with Crippen molar-refractivity contribution >= 4 is 12.1 Å². The molecule has 6 nitrogen and oxygen atoms in total. The number of carboxylic acid groups (broad SMARTS) is 1. The Morgan fingerprint density at radius 2 is 1.55 bits per heavy atom. The highest BCUT2D eigenvalue weighted by Gasteiger charge is 2.28. The first-order valence-electron chi connectivity index (χ1n) is 9.18. The number of carboxylic acids is 1. The second kappa shape index (κ2) is 7.67. The lowest BCUT2D eigenvalue weighted by Gasteiger charge is -2.14. The number of benzene rings is 3. The first-order chi connectivity index (χ1) is 14.0. The summed E-state index contributed by atoms with van der Waals surface area (Å²) in [7, 11) is 0. The Morgan fingerprint density at radius 3 is 2.17 bits per heavy atom. The summed E-state index contributed by atoms with van der Waals surface area (Å²) in [5, 5.41) is 21.3. The summed E-state index contributed by atoms with van der Waals surface area (Å²) >= 11 is 0. The normalized spacial score (nSPS) is 12.1. The standard InChI is InChI=1S/C23H19NO5/c25-16-10-14(9-15(11-16)22(26)27)12-24-23(28)29-13-21-19-7-3-1-5-17(19)18-6-2-4-8-20(18)21/h1-11,21,25H,12-13H2,(H,24,28)(H,26,27). The Bertz CT molecular complexity index is 1050. The quantitative estimate of drug-likeness (QED) is 0.610. The molecule has 0 spiro atoms. The van der Waals surface area contributed by atoms with Crippen molar-refractivity contribution in [2.45, 2.75) is 12.5 Å². The molecule has 0 aliphatic heterocycles. The van der Waals surface area contributed by atoms with Gasteiger partial charge in [0.2, 0.25) is 0 Å². The van der Waals surface area contributed by atoms with Crippen molar-refractivity contribution in [2.24, 2.45) is 0 Å². The van der Waals surface area contributed by atoms with Gasteiger partial charge in [-0.1, -0.05) is 48.5 Å². The largest absolute Gasteiger partial charge is 0.508 e.